The van der Waals surface area contributed by atoms with Crippen molar-refractivity contribution in [2.24, 2.45) is 0 Å². The Morgan fingerprint density at radius 3 is 2.44 bits per heavy atom. The Hall–Kier alpha value is -1.29. The fourth-order valence-electron chi connectivity index (χ4n) is 2.05. The molecule has 0 unspecified atom stereocenters. The molecular formula is C12H15FO3. The van der Waals surface area contributed by atoms with Crippen LogP contribution in [0, 0.1) is 5.82 Å². The summed E-state index contributed by atoms with van der Waals surface area (Å²) in [4.78, 5) is 0. The van der Waals surface area contributed by atoms with Crippen molar-refractivity contribution in [3.8, 4) is 11.5 Å². The van der Waals surface area contributed by atoms with Crippen molar-refractivity contribution < 1.29 is 19.0 Å². The second-order valence-corrected chi connectivity index (χ2v) is 4.10. The first-order chi connectivity index (χ1) is 7.68. The van der Waals surface area contributed by atoms with E-state index < -0.39 is 5.82 Å². The highest BCUT2D eigenvalue weighted by atomic mass is 19.1. The van der Waals surface area contributed by atoms with Crippen LogP contribution in [0.15, 0.2) is 12.1 Å². The van der Waals surface area contributed by atoms with E-state index in [4.69, 9.17) is 9.47 Å². The number of halogens is 1. The van der Waals surface area contributed by atoms with E-state index in [1.165, 1.54) is 20.3 Å². The number of aliphatic hydroxyl groups excluding tert-OH is 1. The lowest BCUT2D eigenvalue weighted by atomic mass is 9.94. The third-order valence-electron chi connectivity index (χ3n) is 3.18. The number of hydrogen-bond acceptors (Lipinski definition) is 3. The van der Waals surface area contributed by atoms with Gasteiger partial charge >= 0.3 is 0 Å². The average Bonchev–Trinajstić information content (AvgIpc) is 3.09. The number of ether oxygens (including phenoxy) is 2. The van der Waals surface area contributed by atoms with Crippen LogP contribution in [0.2, 0.25) is 0 Å². The van der Waals surface area contributed by atoms with E-state index in [0.29, 0.717) is 11.3 Å². The highest BCUT2D eigenvalue weighted by Gasteiger charge is 2.48. The van der Waals surface area contributed by atoms with Crippen LogP contribution >= 0.6 is 0 Å². The summed E-state index contributed by atoms with van der Waals surface area (Å²) in [7, 11) is 2.96. The van der Waals surface area contributed by atoms with Crippen LogP contribution in [0.5, 0.6) is 11.5 Å². The lowest BCUT2D eigenvalue weighted by Gasteiger charge is -2.20. The maximum atomic E-state index is 13.6. The highest BCUT2D eigenvalue weighted by molar-refractivity contribution is 5.53. The molecule has 0 atom stereocenters. The number of aliphatic hydroxyl groups is 1. The standard InChI is InChI=1S/C12H15FO3/c1-15-9-4-3-8(13)11(16-2)10(9)12(7-14)5-6-12/h3-4,14H,5-7H2,1-2H3. The van der Waals surface area contributed by atoms with Crippen LogP contribution in [0.1, 0.15) is 18.4 Å². The summed E-state index contributed by atoms with van der Waals surface area (Å²) in [5.41, 5.74) is 0.277. The van der Waals surface area contributed by atoms with Gasteiger partial charge in [-0.3, -0.25) is 0 Å². The van der Waals surface area contributed by atoms with Crippen molar-refractivity contribution in [2.45, 2.75) is 18.3 Å². The molecule has 88 valence electrons. The van der Waals surface area contributed by atoms with E-state index in [2.05, 4.69) is 0 Å². The molecule has 1 aliphatic carbocycles. The Bertz CT molecular complexity index is 399. The summed E-state index contributed by atoms with van der Waals surface area (Å²) >= 11 is 0. The summed E-state index contributed by atoms with van der Waals surface area (Å²) in [5.74, 6) is 0.341. The molecule has 16 heavy (non-hydrogen) atoms. The summed E-state index contributed by atoms with van der Waals surface area (Å²) in [6.07, 6.45) is 1.67. The van der Waals surface area contributed by atoms with E-state index in [9.17, 15) is 9.50 Å². The Balaban J connectivity index is 2.59. The summed E-state index contributed by atoms with van der Waals surface area (Å²) in [6, 6.07) is 2.89. The SMILES string of the molecule is COc1ccc(F)c(OC)c1C1(CO)CC1. The predicted molar refractivity (Wildman–Crippen MR) is 57.5 cm³/mol. The topological polar surface area (TPSA) is 38.7 Å². The lowest BCUT2D eigenvalue weighted by molar-refractivity contribution is 0.246. The molecule has 3 nitrogen and oxygen atoms in total. The molecule has 1 saturated carbocycles. The van der Waals surface area contributed by atoms with Gasteiger partial charge in [0.15, 0.2) is 11.6 Å². The third kappa shape index (κ3) is 1.53. The molecule has 0 bridgehead atoms. The van der Waals surface area contributed by atoms with Gasteiger partial charge in [-0.2, -0.15) is 0 Å². The lowest BCUT2D eigenvalue weighted by Crippen LogP contribution is -2.15. The predicted octanol–water partition coefficient (Wildman–Crippen LogP) is 1.87. The molecule has 0 radical (unpaired) electrons. The molecule has 0 saturated heterocycles. The molecule has 0 aliphatic heterocycles. The number of methoxy groups -OCH3 is 2. The minimum absolute atomic E-state index is 0.0107. The van der Waals surface area contributed by atoms with Gasteiger partial charge in [0.2, 0.25) is 0 Å². The number of hydrogen-bond donors (Lipinski definition) is 1. The van der Waals surface area contributed by atoms with E-state index >= 15 is 0 Å². The van der Waals surface area contributed by atoms with Crippen LogP contribution in [0.4, 0.5) is 4.39 Å². The van der Waals surface area contributed by atoms with Crippen LogP contribution in [0.3, 0.4) is 0 Å². The Kier molecular flexibility index (Phi) is 2.76. The van der Waals surface area contributed by atoms with Crippen molar-refractivity contribution in [1.82, 2.24) is 0 Å². The first kappa shape index (κ1) is 11.2. The first-order valence-electron chi connectivity index (χ1n) is 5.20. The molecule has 0 aromatic heterocycles. The minimum atomic E-state index is -0.418. The zero-order valence-corrected chi connectivity index (χ0v) is 9.42. The number of benzene rings is 1. The monoisotopic (exact) mass is 226 g/mol. The fraction of sp³-hybridized carbons (Fsp3) is 0.500. The highest BCUT2D eigenvalue weighted by Crippen LogP contribution is 2.54. The zero-order chi connectivity index (χ0) is 11.8. The molecule has 1 aromatic rings. The molecule has 2 rings (SSSR count). The summed E-state index contributed by atoms with van der Waals surface area (Å²) < 4.78 is 23.9. The normalized spacial score (nSPS) is 17.0. The largest absolute Gasteiger partial charge is 0.496 e. The maximum absolute atomic E-state index is 13.6. The van der Waals surface area contributed by atoms with Crippen LogP contribution in [-0.2, 0) is 5.41 Å². The van der Waals surface area contributed by atoms with Crippen molar-refractivity contribution in [3.05, 3.63) is 23.5 Å². The molecule has 0 amide bonds. The number of rotatable bonds is 4. The second kappa shape index (κ2) is 3.94. The quantitative estimate of drug-likeness (QED) is 0.851. The molecule has 0 heterocycles. The zero-order valence-electron chi connectivity index (χ0n) is 9.42. The van der Waals surface area contributed by atoms with Crippen LogP contribution in [-0.4, -0.2) is 25.9 Å². The average molecular weight is 226 g/mol. The summed E-state index contributed by atoms with van der Waals surface area (Å²) in [6.45, 7) is -0.0107. The molecule has 1 fully saturated rings. The van der Waals surface area contributed by atoms with Gasteiger partial charge in [0.25, 0.3) is 0 Å². The van der Waals surface area contributed by atoms with E-state index in [0.717, 1.165) is 12.8 Å². The van der Waals surface area contributed by atoms with E-state index in [1.807, 2.05) is 0 Å². The molecular weight excluding hydrogens is 211 g/mol. The van der Waals surface area contributed by atoms with Gasteiger partial charge in [-0.15, -0.1) is 0 Å². The van der Waals surface area contributed by atoms with Crippen LogP contribution in [0.25, 0.3) is 0 Å². The molecule has 0 spiro atoms. The Morgan fingerprint density at radius 2 is 2.00 bits per heavy atom. The van der Waals surface area contributed by atoms with E-state index in [1.54, 1.807) is 6.07 Å². The third-order valence-corrected chi connectivity index (χ3v) is 3.18. The van der Waals surface area contributed by atoms with Crippen LogP contribution < -0.4 is 9.47 Å². The van der Waals surface area contributed by atoms with Gasteiger partial charge in [-0.1, -0.05) is 0 Å². The van der Waals surface area contributed by atoms with Crippen molar-refractivity contribution in [3.63, 3.8) is 0 Å². The van der Waals surface area contributed by atoms with Crippen molar-refractivity contribution in [1.29, 1.82) is 0 Å². The van der Waals surface area contributed by atoms with Gasteiger partial charge in [0.1, 0.15) is 5.75 Å². The maximum Gasteiger partial charge on any atom is 0.165 e. The van der Waals surface area contributed by atoms with Gasteiger partial charge in [0, 0.05) is 11.0 Å². The van der Waals surface area contributed by atoms with Crippen molar-refractivity contribution >= 4 is 0 Å². The minimum Gasteiger partial charge on any atom is -0.496 e. The van der Waals surface area contributed by atoms with E-state index in [-0.39, 0.29) is 17.8 Å². The molecule has 1 N–H and O–H groups in total. The molecule has 1 aliphatic rings. The van der Waals surface area contributed by atoms with Gasteiger partial charge in [0.05, 0.1) is 20.8 Å². The Labute approximate surface area is 93.8 Å². The second-order valence-electron chi connectivity index (χ2n) is 4.10. The van der Waals surface area contributed by atoms with Crippen molar-refractivity contribution in [2.75, 3.05) is 20.8 Å². The first-order valence-corrected chi connectivity index (χ1v) is 5.20. The smallest absolute Gasteiger partial charge is 0.165 e. The summed E-state index contributed by atoms with van der Waals surface area (Å²) in [5, 5.41) is 9.41. The Morgan fingerprint density at radius 1 is 1.31 bits per heavy atom. The van der Waals surface area contributed by atoms with Gasteiger partial charge < -0.3 is 14.6 Å². The fourth-order valence-corrected chi connectivity index (χ4v) is 2.05. The van der Waals surface area contributed by atoms with Gasteiger partial charge in [-0.25, -0.2) is 4.39 Å². The molecule has 1 aromatic carbocycles. The molecule has 4 heteroatoms. The van der Waals surface area contributed by atoms with Gasteiger partial charge in [-0.05, 0) is 25.0 Å².